The summed E-state index contributed by atoms with van der Waals surface area (Å²) in [4.78, 5) is 24.5. The molecule has 5 heteroatoms. The summed E-state index contributed by atoms with van der Waals surface area (Å²) in [5, 5.41) is 4.25. The van der Waals surface area contributed by atoms with E-state index in [1.807, 2.05) is 4.68 Å². The van der Waals surface area contributed by atoms with E-state index in [0.29, 0.717) is 5.92 Å². The van der Waals surface area contributed by atoms with Crippen molar-refractivity contribution in [3.05, 3.63) is 12.3 Å². The first-order valence-electron chi connectivity index (χ1n) is 5.86. The normalized spacial score (nSPS) is 18.2. The minimum absolute atomic E-state index is 0.0151. The SMILES string of the molecule is CC(C)C(C)n1nccc1N1CC(=O)CC1=O. The summed E-state index contributed by atoms with van der Waals surface area (Å²) in [5.74, 6) is 0.983. The fourth-order valence-corrected chi connectivity index (χ4v) is 1.91. The van der Waals surface area contributed by atoms with E-state index in [-0.39, 0.29) is 30.7 Å². The molecule has 0 spiro atoms. The molecule has 0 radical (unpaired) electrons. The van der Waals surface area contributed by atoms with Gasteiger partial charge in [0.05, 0.1) is 25.2 Å². The first kappa shape index (κ1) is 11.8. The first-order chi connectivity index (χ1) is 8.00. The minimum atomic E-state index is -0.132. The van der Waals surface area contributed by atoms with Gasteiger partial charge in [-0.25, -0.2) is 4.68 Å². The van der Waals surface area contributed by atoms with E-state index in [1.165, 1.54) is 4.90 Å². The molecular formula is C12H17N3O2. The van der Waals surface area contributed by atoms with E-state index >= 15 is 0 Å². The summed E-state index contributed by atoms with van der Waals surface area (Å²) in [6.45, 7) is 6.44. The maximum Gasteiger partial charge on any atom is 0.236 e. The van der Waals surface area contributed by atoms with Gasteiger partial charge in [0.1, 0.15) is 5.82 Å². The van der Waals surface area contributed by atoms with Crippen LogP contribution in [-0.4, -0.2) is 28.0 Å². The highest BCUT2D eigenvalue weighted by Gasteiger charge is 2.31. The number of carbonyl (C=O) groups excluding carboxylic acids is 2. The van der Waals surface area contributed by atoms with Crippen molar-refractivity contribution in [2.75, 3.05) is 11.4 Å². The highest BCUT2D eigenvalue weighted by Crippen LogP contribution is 2.25. The molecule has 17 heavy (non-hydrogen) atoms. The van der Waals surface area contributed by atoms with E-state index in [2.05, 4.69) is 25.9 Å². The van der Waals surface area contributed by atoms with Gasteiger partial charge in [-0.15, -0.1) is 0 Å². The second-order valence-corrected chi connectivity index (χ2v) is 4.81. The van der Waals surface area contributed by atoms with Crippen LogP contribution in [0.2, 0.25) is 0 Å². The molecule has 5 nitrogen and oxygen atoms in total. The van der Waals surface area contributed by atoms with E-state index < -0.39 is 0 Å². The molecule has 0 aliphatic carbocycles. The van der Waals surface area contributed by atoms with E-state index in [0.717, 1.165) is 5.82 Å². The maximum atomic E-state index is 11.7. The van der Waals surface area contributed by atoms with E-state index in [1.54, 1.807) is 12.3 Å². The van der Waals surface area contributed by atoms with Gasteiger partial charge in [0, 0.05) is 6.07 Å². The number of aromatic nitrogens is 2. The van der Waals surface area contributed by atoms with Crippen molar-refractivity contribution in [3.63, 3.8) is 0 Å². The number of Topliss-reactive ketones (excluding diaryl/α,β-unsaturated/α-hetero) is 1. The summed E-state index contributed by atoms with van der Waals surface area (Å²) in [5.41, 5.74) is 0. The van der Waals surface area contributed by atoms with Gasteiger partial charge in [0.2, 0.25) is 5.91 Å². The molecular weight excluding hydrogens is 218 g/mol. The number of rotatable bonds is 3. The van der Waals surface area contributed by atoms with Crippen LogP contribution in [-0.2, 0) is 9.59 Å². The summed E-state index contributed by atoms with van der Waals surface area (Å²) < 4.78 is 1.82. The Balaban J connectivity index is 2.31. The number of ketones is 1. The Bertz CT molecular complexity index is 450. The zero-order valence-corrected chi connectivity index (χ0v) is 10.4. The van der Waals surface area contributed by atoms with Crippen molar-refractivity contribution in [2.24, 2.45) is 5.92 Å². The van der Waals surface area contributed by atoms with E-state index in [9.17, 15) is 9.59 Å². The van der Waals surface area contributed by atoms with Gasteiger partial charge in [-0.2, -0.15) is 5.10 Å². The first-order valence-corrected chi connectivity index (χ1v) is 5.86. The van der Waals surface area contributed by atoms with Crippen LogP contribution in [0, 0.1) is 5.92 Å². The van der Waals surface area contributed by atoms with E-state index in [4.69, 9.17) is 0 Å². The standard InChI is InChI=1S/C12H17N3O2/c1-8(2)9(3)15-11(4-5-13-15)14-7-10(16)6-12(14)17/h4-5,8-9H,6-7H2,1-3H3. The predicted octanol–water partition coefficient (Wildman–Crippen LogP) is 1.41. The van der Waals surface area contributed by atoms with Crippen molar-refractivity contribution in [1.82, 2.24) is 9.78 Å². The fraction of sp³-hybridized carbons (Fsp3) is 0.583. The molecule has 1 aliphatic heterocycles. The van der Waals surface area contributed by atoms with Gasteiger partial charge < -0.3 is 0 Å². The van der Waals surface area contributed by atoms with Gasteiger partial charge in [-0.1, -0.05) is 13.8 Å². The van der Waals surface area contributed by atoms with Crippen molar-refractivity contribution in [3.8, 4) is 0 Å². The summed E-state index contributed by atoms with van der Waals surface area (Å²) in [6, 6.07) is 1.98. The summed E-state index contributed by atoms with van der Waals surface area (Å²) >= 11 is 0. The molecule has 0 saturated carbocycles. The Kier molecular flexibility index (Phi) is 3.00. The zero-order chi connectivity index (χ0) is 12.6. The molecule has 1 amide bonds. The Hall–Kier alpha value is -1.65. The molecule has 1 aromatic heterocycles. The number of carbonyl (C=O) groups is 2. The molecule has 0 bridgehead atoms. The Morgan fingerprint density at radius 3 is 2.53 bits per heavy atom. The van der Waals surface area contributed by atoms with Crippen molar-refractivity contribution >= 4 is 17.5 Å². The molecule has 1 saturated heterocycles. The van der Waals surface area contributed by atoms with Gasteiger partial charge in [0.25, 0.3) is 0 Å². The van der Waals surface area contributed by atoms with Crippen LogP contribution >= 0.6 is 0 Å². The molecule has 0 aromatic carbocycles. The highest BCUT2D eigenvalue weighted by atomic mass is 16.2. The number of nitrogens with zero attached hydrogens (tertiary/aromatic N) is 3. The maximum absolute atomic E-state index is 11.7. The Morgan fingerprint density at radius 2 is 2.00 bits per heavy atom. The van der Waals surface area contributed by atoms with Crippen LogP contribution in [0.5, 0.6) is 0 Å². The predicted molar refractivity (Wildman–Crippen MR) is 63.8 cm³/mol. The fourth-order valence-electron chi connectivity index (χ4n) is 1.91. The van der Waals surface area contributed by atoms with Gasteiger partial charge in [0.15, 0.2) is 5.78 Å². The molecule has 92 valence electrons. The topological polar surface area (TPSA) is 55.2 Å². The third-order valence-electron chi connectivity index (χ3n) is 3.26. The zero-order valence-electron chi connectivity index (χ0n) is 10.4. The average Bonchev–Trinajstić information content (AvgIpc) is 2.83. The molecule has 0 N–H and O–H groups in total. The third-order valence-corrected chi connectivity index (χ3v) is 3.26. The smallest absolute Gasteiger partial charge is 0.236 e. The Labute approximate surface area is 100 Å². The van der Waals surface area contributed by atoms with Gasteiger partial charge in [-0.3, -0.25) is 14.5 Å². The van der Waals surface area contributed by atoms with Gasteiger partial charge in [-0.05, 0) is 12.8 Å². The average molecular weight is 235 g/mol. The summed E-state index contributed by atoms with van der Waals surface area (Å²) in [6.07, 6.45) is 1.69. The number of hydrogen-bond donors (Lipinski definition) is 0. The number of anilines is 1. The van der Waals surface area contributed by atoms with Gasteiger partial charge >= 0.3 is 0 Å². The molecule has 1 fully saturated rings. The lowest BCUT2D eigenvalue weighted by atomic mass is 10.1. The monoisotopic (exact) mass is 235 g/mol. The lowest BCUT2D eigenvalue weighted by Crippen LogP contribution is -2.29. The van der Waals surface area contributed by atoms with Crippen molar-refractivity contribution in [1.29, 1.82) is 0 Å². The lowest BCUT2D eigenvalue weighted by Gasteiger charge is -2.23. The van der Waals surface area contributed by atoms with Crippen LogP contribution in [0.4, 0.5) is 5.82 Å². The number of amides is 1. The van der Waals surface area contributed by atoms with Crippen LogP contribution in [0.3, 0.4) is 0 Å². The number of hydrogen-bond acceptors (Lipinski definition) is 3. The molecule has 2 rings (SSSR count). The van der Waals surface area contributed by atoms with Crippen LogP contribution in [0.15, 0.2) is 12.3 Å². The second kappa shape index (κ2) is 4.31. The molecule has 1 aliphatic rings. The second-order valence-electron chi connectivity index (χ2n) is 4.81. The lowest BCUT2D eigenvalue weighted by molar-refractivity contribution is -0.121. The largest absolute Gasteiger partial charge is 0.297 e. The summed E-state index contributed by atoms with van der Waals surface area (Å²) in [7, 11) is 0. The van der Waals surface area contributed by atoms with Crippen molar-refractivity contribution in [2.45, 2.75) is 33.2 Å². The quantitative estimate of drug-likeness (QED) is 0.744. The molecule has 1 unspecified atom stereocenters. The Morgan fingerprint density at radius 1 is 1.29 bits per heavy atom. The van der Waals surface area contributed by atoms with Crippen molar-refractivity contribution < 1.29 is 9.59 Å². The minimum Gasteiger partial charge on any atom is -0.297 e. The molecule has 1 aromatic rings. The van der Waals surface area contributed by atoms with Crippen LogP contribution in [0.1, 0.15) is 33.2 Å². The van der Waals surface area contributed by atoms with Crippen LogP contribution in [0.25, 0.3) is 0 Å². The molecule has 1 atom stereocenters. The highest BCUT2D eigenvalue weighted by molar-refractivity contribution is 6.14. The molecule has 2 heterocycles. The van der Waals surface area contributed by atoms with Crippen LogP contribution < -0.4 is 4.90 Å². The third kappa shape index (κ3) is 2.09.